The average Bonchev–Trinajstić information content (AvgIpc) is 3.06. The molecule has 3 aromatic carbocycles. The molecule has 1 atom stereocenters. The lowest BCUT2D eigenvalue weighted by atomic mass is 10.0. The van der Waals surface area contributed by atoms with Crippen LogP contribution >= 0.6 is 0 Å². The maximum atomic E-state index is 12.9. The van der Waals surface area contributed by atoms with Gasteiger partial charge in [0.15, 0.2) is 0 Å². The summed E-state index contributed by atoms with van der Waals surface area (Å²) in [7, 11) is -3.80. The Morgan fingerprint density at radius 3 is 2.24 bits per heavy atom. The molecule has 0 bridgehead atoms. The number of fused-ring (bicyclic) bond motifs is 1. The number of primary sulfonamides is 1. The molecule has 4 rings (SSSR count). The van der Waals surface area contributed by atoms with Crippen molar-refractivity contribution in [2.75, 3.05) is 6.54 Å². The first kappa shape index (κ1) is 23.3. The van der Waals surface area contributed by atoms with Crippen molar-refractivity contribution in [3.05, 3.63) is 101 Å². The summed E-state index contributed by atoms with van der Waals surface area (Å²) in [5, 5.41) is 7.93. The molecule has 0 radical (unpaired) electrons. The topological polar surface area (TPSA) is 127 Å². The van der Waals surface area contributed by atoms with E-state index in [0.717, 1.165) is 5.56 Å². The summed E-state index contributed by atoms with van der Waals surface area (Å²) in [6.07, 6.45) is 0.543. The molecule has 3 N–H and O–H groups in total. The normalized spacial score (nSPS) is 14.1. The van der Waals surface area contributed by atoms with Gasteiger partial charge in [-0.3, -0.25) is 19.3 Å². The molecule has 0 aromatic heterocycles. The second-order valence-electron chi connectivity index (χ2n) is 8.07. The van der Waals surface area contributed by atoms with Crippen LogP contribution in [0.1, 0.15) is 55.2 Å². The largest absolute Gasteiger partial charge is 0.346 e. The van der Waals surface area contributed by atoms with Crippen LogP contribution in [-0.4, -0.2) is 37.6 Å². The quantitative estimate of drug-likeness (QED) is 0.506. The van der Waals surface area contributed by atoms with E-state index in [2.05, 4.69) is 5.32 Å². The van der Waals surface area contributed by atoms with E-state index in [9.17, 15) is 22.8 Å². The van der Waals surface area contributed by atoms with Crippen LogP contribution in [0, 0.1) is 0 Å². The number of nitrogens with zero attached hydrogens (tertiary/aromatic N) is 1. The Kier molecular flexibility index (Phi) is 6.32. The molecule has 9 heteroatoms. The van der Waals surface area contributed by atoms with Gasteiger partial charge in [-0.1, -0.05) is 42.5 Å². The fraction of sp³-hybridized carbons (Fsp3) is 0.160. The summed E-state index contributed by atoms with van der Waals surface area (Å²) in [5.41, 5.74) is 2.43. The Labute approximate surface area is 197 Å². The van der Waals surface area contributed by atoms with Gasteiger partial charge in [0.2, 0.25) is 10.0 Å². The van der Waals surface area contributed by atoms with Gasteiger partial charge in [0.25, 0.3) is 17.7 Å². The average molecular weight is 478 g/mol. The van der Waals surface area contributed by atoms with Crippen molar-refractivity contribution in [2.45, 2.75) is 24.3 Å². The maximum absolute atomic E-state index is 12.9. The van der Waals surface area contributed by atoms with Crippen molar-refractivity contribution in [1.82, 2.24) is 10.2 Å². The Morgan fingerprint density at radius 1 is 0.941 bits per heavy atom. The number of carbonyl (C=O) groups is 3. The van der Waals surface area contributed by atoms with Crippen molar-refractivity contribution < 1.29 is 22.8 Å². The molecule has 0 fully saturated rings. The van der Waals surface area contributed by atoms with Crippen LogP contribution < -0.4 is 10.5 Å². The smallest absolute Gasteiger partial charge is 0.261 e. The monoisotopic (exact) mass is 477 g/mol. The van der Waals surface area contributed by atoms with Crippen molar-refractivity contribution in [2.24, 2.45) is 5.14 Å². The summed E-state index contributed by atoms with van der Waals surface area (Å²) >= 11 is 0. The Hall–Kier alpha value is -3.82. The zero-order valence-corrected chi connectivity index (χ0v) is 19.2. The third-order valence-electron chi connectivity index (χ3n) is 5.76. The van der Waals surface area contributed by atoms with Crippen molar-refractivity contribution in [3.8, 4) is 0 Å². The van der Waals surface area contributed by atoms with Gasteiger partial charge in [0.05, 0.1) is 22.1 Å². The predicted octanol–water partition coefficient (Wildman–Crippen LogP) is 2.66. The zero-order valence-electron chi connectivity index (χ0n) is 18.4. The number of carbonyl (C=O) groups excluding carboxylic acids is 3. The highest BCUT2D eigenvalue weighted by atomic mass is 32.2. The van der Waals surface area contributed by atoms with Gasteiger partial charge in [-0.2, -0.15) is 0 Å². The van der Waals surface area contributed by atoms with E-state index in [1.54, 1.807) is 19.1 Å². The molecule has 34 heavy (non-hydrogen) atoms. The molecule has 1 heterocycles. The Balaban J connectivity index is 1.46. The maximum Gasteiger partial charge on any atom is 0.261 e. The van der Waals surface area contributed by atoms with Crippen LogP contribution in [0.5, 0.6) is 0 Å². The minimum absolute atomic E-state index is 0.0200. The summed E-state index contributed by atoms with van der Waals surface area (Å²) in [4.78, 5) is 39.6. The minimum Gasteiger partial charge on any atom is -0.346 e. The molecule has 3 aromatic rings. The molecule has 8 nitrogen and oxygen atoms in total. The molecule has 0 saturated carbocycles. The van der Waals surface area contributed by atoms with E-state index < -0.39 is 27.9 Å². The first-order chi connectivity index (χ1) is 16.1. The molecule has 0 spiro atoms. The van der Waals surface area contributed by atoms with Crippen molar-refractivity contribution in [3.63, 3.8) is 0 Å². The first-order valence-corrected chi connectivity index (χ1v) is 12.2. The molecule has 174 valence electrons. The lowest BCUT2D eigenvalue weighted by molar-refractivity contribution is 0.0656. The van der Waals surface area contributed by atoms with E-state index in [1.807, 2.05) is 30.3 Å². The lowest BCUT2D eigenvalue weighted by Gasteiger charge is -2.15. The first-order valence-electron chi connectivity index (χ1n) is 10.6. The van der Waals surface area contributed by atoms with Gasteiger partial charge < -0.3 is 5.32 Å². The molecule has 0 saturated heterocycles. The van der Waals surface area contributed by atoms with Crippen LogP contribution in [0.15, 0.2) is 77.7 Å². The second-order valence-corrected chi connectivity index (χ2v) is 9.63. The third-order valence-corrected chi connectivity index (χ3v) is 6.69. The highest BCUT2D eigenvalue weighted by Gasteiger charge is 2.35. The van der Waals surface area contributed by atoms with Crippen molar-refractivity contribution in [1.29, 1.82) is 0 Å². The summed E-state index contributed by atoms with van der Waals surface area (Å²) in [6, 6.07) is 19.5. The fourth-order valence-electron chi connectivity index (χ4n) is 3.83. The van der Waals surface area contributed by atoms with Crippen LogP contribution in [0.2, 0.25) is 0 Å². The number of hydrogen-bond donors (Lipinski definition) is 2. The number of hydrogen-bond acceptors (Lipinski definition) is 5. The van der Waals surface area contributed by atoms with Crippen LogP contribution in [-0.2, 0) is 16.4 Å². The van der Waals surface area contributed by atoms with Crippen molar-refractivity contribution >= 4 is 27.7 Å². The van der Waals surface area contributed by atoms with E-state index in [4.69, 9.17) is 5.14 Å². The number of amides is 3. The lowest BCUT2D eigenvalue weighted by Crippen LogP contribution is -2.31. The fourth-order valence-corrected chi connectivity index (χ4v) is 4.35. The van der Waals surface area contributed by atoms with Crippen LogP contribution in [0.3, 0.4) is 0 Å². The molecule has 1 aliphatic rings. The van der Waals surface area contributed by atoms with E-state index in [-0.39, 0.29) is 34.0 Å². The number of imide groups is 1. The van der Waals surface area contributed by atoms with Gasteiger partial charge in [-0.15, -0.1) is 0 Å². The molecular formula is C25H23N3O5S. The third kappa shape index (κ3) is 4.75. The van der Waals surface area contributed by atoms with Gasteiger partial charge in [0.1, 0.15) is 0 Å². The standard InChI is InChI=1S/C25H23N3O5S/c1-16(18-7-10-20(11-8-18)34(26,32)33)27-23(29)19-9-12-21-22(15-19)25(31)28(24(21)30)14-13-17-5-3-2-4-6-17/h2-12,15-16H,13-14H2,1H3,(H,27,29)(H2,26,32,33). The molecule has 1 aliphatic heterocycles. The highest BCUT2D eigenvalue weighted by Crippen LogP contribution is 2.25. The number of nitrogens with one attached hydrogen (secondary N) is 1. The van der Waals surface area contributed by atoms with E-state index in [1.165, 1.54) is 35.2 Å². The highest BCUT2D eigenvalue weighted by molar-refractivity contribution is 7.89. The Bertz CT molecular complexity index is 1370. The van der Waals surface area contributed by atoms with E-state index >= 15 is 0 Å². The number of benzene rings is 3. The summed E-state index contributed by atoms with van der Waals surface area (Å²) < 4.78 is 22.8. The zero-order chi connectivity index (χ0) is 24.5. The van der Waals surface area contributed by atoms with Gasteiger partial charge in [-0.05, 0) is 54.8 Å². The van der Waals surface area contributed by atoms with Gasteiger partial charge in [-0.25, -0.2) is 13.6 Å². The summed E-state index contributed by atoms with van der Waals surface area (Å²) in [6.45, 7) is 2.00. The SMILES string of the molecule is CC(NC(=O)c1ccc2c(c1)C(=O)N(CCc1ccccc1)C2=O)c1ccc(S(N)(=O)=O)cc1. The molecule has 0 aliphatic carbocycles. The van der Waals surface area contributed by atoms with E-state index in [0.29, 0.717) is 12.0 Å². The van der Waals surface area contributed by atoms with Crippen LogP contribution in [0.4, 0.5) is 0 Å². The molecular weight excluding hydrogens is 454 g/mol. The molecule has 3 amide bonds. The summed E-state index contributed by atoms with van der Waals surface area (Å²) in [5.74, 6) is -1.21. The van der Waals surface area contributed by atoms with Crippen LogP contribution in [0.25, 0.3) is 0 Å². The van der Waals surface area contributed by atoms with Gasteiger partial charge in [0, 0.05) is 12.1 Å². The number of rotatable bonds is 7. The molecule has 1 unspecified atom stereocenters. The second kappa shape index (κ2) is 9.20. The number of nitrogens with two attached hydrogens (primary N) is 1. The number of sulfonamides is 1. The predicted molar refractivity (Wildman–Crippen MR) is 126 cm³/mol. The van der Waals surface area contributed by atoms with Gasteiger partial charge >= 0.3 is 0 Å². The Morgan fingerprint density at radius 2 is 1.59 bits per heavy atom. The minimum atomic E-state index is -3.80.